The fraction of sp³-hybridized carbons (Fsp3) is 0.667. The molecular weight excluding hydrogens is 288 g/mol. The predicted octanol–water partition coefficient (Wildman–Crippen LogP) is 1.13. The third-order valence-electron chi connectivity index (χ3n) is 3.37. The molecule has 0 spiro atoms. The number of carbonyl (C=O) groups is 3. The third kappa shape index (κ3) is 11.9. The highest BCUT2D eigenvalue weighted by molar-refractivity contribution is 5.89. The molecule has 0 radical (unpaired) electrons. The summed E-state index contributed by atoms with van der Waals surface area (Å²) in [6, 6.07) is 0.286. The zero-order valence-electron chi connectivity index (χ0n) is 13.0. The number of nitrogens with two attached hydrogens (primary N) is 1. The summed E-state index contributed by atoms with van der Waals surface area (Å²) in [5, 5.41) is 18.5. The predicted molar refractivity (Wildman–Crippen MR) is 82.3 cm³/mol. The fourth-order valence-corrected chi connectivity index (χ4v) is 2.46. The molecule has 1 unspecified atom stereocenters. The Hall–Kier alpha value is -1.89. The van der Waals surface area contributed by atoms with Gasteiger partial charge < -0.3 is 21.3 Å². The Morgan fingerprint density at radius 1 is 1.14 bits per heavy atom. The molecule has 0 aromatic carbocycles. The smallest absolute Gasteiger partial charge is 0.328 e. The molecule has 1 aliphatic carbocycles. The van der Waals surface area contributed by atoms with Crippen LogP contribution < -0.4 is 11.1 Å². The first-order valence-electron chi connectivity index (χ1n) is 7.48. The lowest BCUT2D eigenvalue weighted by molar-refractivity contribution is -0.134. The van der Waals surface area contributed by atoms with Crippen LogP contribution in [0.2, 0.25) is 0 Å². The van der Waals surface area contributed by atoms with Crippen LogP contribution in [0.15, 0.2) is 12.2 Å². The van der Waals surface area contributed by atoms with Gasteiger partial charge in [0.15, 0.2) is 0 Å². The van der Waals surface area contributed by atoms with Crippen molar-refractivity contribution in [3.63, 3.8) is 0 Å². The van der Waals surface area contributed by atoms with Crippen molar-refractivity contribution >= 4 is 17.8 Å². The first-order chi connectivity index (χ1) is 10.3. The number of amides is 1. The van der Waals surface area contributed by atoms with Crippen LogP contribution in [0.4, 0.5) is 0 Å². The molecule has 5 N–H and O–H groups in total. The van der Waals surface area contributed by atoms with Crippen molar-refractivity contribution in [3.8, 4) is 0 Å². The molecule has 0 aromatic rings. The van der Waals surface area contributed by atoms with Gasteiger partial charge in [-0.05, 0) is 19.3 Å². The van der Waals surface area contributed by atoms with Crippen molar-refractivity contribution in [1.82, 2.24) is 5.32 Å². The minimum Gasteiger partial charge on any atom is -0.478 e. The van der Waals surface area contributed by atoms with Crippen molar-refractivity contribution in [3.05, 3.63) is 12.2 Å². The summed E-state index contributed by atoms with van der Waals surface area (Å²) >= 11 is 0. The van der Waals surface area contributed by atoms with Gasteiger partial charge in [0.25, 0.3) is 0 Å². The maximum atomic E-state index is 11.0. The second-order valence-corrected chi connectivity index (χ2v) is 5.42. The zero-order chi connectivity index (χ0) is 17.0. The number of carboxylic acids is 2. The molecule has 1 aliphatic rings. The van der Waals surface area contributed by atoms with Gasteiger partial charge in [-0.2, -0.15) is 0 Å². The average molecular weight is 314 g/mol. The van der Waals surface area contributed by atoms with E-state index in [1.54, 1.807) is 0 Å². The van der Waals surface area contributed by atoms with E-state index in [4.69, 9.17) is 15.9 Å². The van der Waals surface area contributed by atoms with Crippen LogP contribution in [0.3, 0.4) is 0 Å². The molecule has 0 aromatic heterocycles. The van der Waals surface area contributed by atoms with Crippen LogP contribution in [0.25, 0.3) is 0 Å². The van der Waals surface area contributed by atoms with E-state index in [9.17, 15) is 14.4 Å². The summed E-state index contributed by atoms with van der Waals surface area (Å²) in [6.45, 7) is 2.18. The van der Waals surface area contributed by atoms with E-state index in [0.717, 1.165) is 12.3 Å². The average Bonchev–Trinajstić information content (AvgIpc) is 2.46. The summed E-state index contributed by atoms with van der Waals surface area (Å²) in [7, 11) is 0. The van der Waals surface area contributed by atoms with Gasteiger partial charge in [-0.3, -0.25) is 4.79 Å². The van der Waals surface area contributed by atoms with E-state index >= 15 is 0 Å². The number of carboxylic acid groups (broad SMARTS) is 2. The van der Waals surface area contributed by atoms with E-state index < -0.39 is 11.9 Å². The Balaban J connectivity index is 0.000000472. The monoisotopic (exact) mass is 314 g/mol. The lowest BCUT2D eigenvalue weighted by Gasteiger charge is -2.24. The van der Waals surface area contributed by atoms with Gasteiger partial charge in [-0.15, -0.1) is 0 Å². The second kappa shape index (κ2) is 11.7. The summed E-state index contributed by atoms with van der Waals surface area (Å²) < 4.78 is 0. The van der Waals surface area contributed by atoms with Gasteiger partial charge in [0, 0.05) is 18.2 Å². The number of nitrogens with one attached hydrogen (secondary N) is 1. The minimum absolute atomic E-state index is 0.0340. The molecule has 0 bridgehead atoms. The lowest BCUT2D eigenvalue weighted by Crippen LogP contribution is -2.38. The van der Waals surface area contributed by atoms with Crippen LogP contribution >= 0.6 is 0 Å². The molecule has 7 heteroatoms. The van der Waals surface area contributed by atoms with Crippen LogP contribution in [0.5, 0.6) is 0 Å². The first-order valence-corrected chi connectivity index (χ1v) is 7.48. The SMILES string of the molecule is CC(CC1CCCCC1)NC(=O)CN.O=C(O)/C=C/C(=O)O. The topological polar surface area (TPSA) is 130 Å². The molecule has 0 heterocycles. The Morgan fingerprint density at radius 3 is 2.05 bits per heavy atom. The maximum Gasteiger partial charge on any atom is 0.328 e. The highest BCUT2D eigenvalue weighted by Gasteiger charge is 2.16. The highest BCUT2D eigenvalue weighted by Crippen LogP contribution is 2.27. The van der Waals surface area contributed by atoms with Crippen LogP contribution in [-0.2, 0) is 14.4 Å². The van der Waals surface area contributed by atoms with Crippen molar-refractivity contribution in [1.29, 1.82) is 0 Å². The number of carbonyl (C=O) groups excluding carboxylic acids is 1. The van der Waals surface area contributed by atoms with E-state index in [2.05, 4.69) is 12.2 Å². The molecule has 1 amide bonds. The molecule has 7 nitrogen and oxygen atoms in total. The van der Waals surface area contributed by atoms with Gasteiger partial charge in [0.1, 0.15) is 0 Å². The standard InChI is InChI=1S/C11H22N2O.C4H4O4/c1-9(13-11(14)8-12)7-10-5-3-2-4-6-10;5-3(6)1-2-4(7)8/h9-10H,2-8,12H2,1H3,(H,13,14);1-2H,(H,5,6)(H,7,8)/b;2-1+. The van der Waals surface area contributed by atoms with Crippen LogP contribution in [-0.4, -0.2) is 40.6 Å². The number of rotatable bonds is 6. The number of hydrogen-bond acceptors (Lipinski definition) is 4. The van der Waals surface area contributed by atoms with E-state index in [-0.39, 0.29) is 18.5 Å². The Morgan fingerprint density at radius 2 is 1.64 bits per heavy atom. The summed E-state index contributed by atoms with van der Waals surface area (Å²) in [6.07, 6.45) is 9.02. The summed E-state index contributed by atoms with van der Waals surface area (Å²) in [5.74, 6) is -1.73. The maximum absolute atomic E-state index is 11.0. The quantitative estimate of drug-likeness (QED) is 0.544. The molecule has 22 heavy (non-hydrogen) atoms. The van der Waals surface area contributed by atoms with Gasteiger partial charge in [0.05, 0.1) is 6.54 Å². The van der Waals surface area contributed by atoms with E-state index in [1.807, 2.05) is 0 Å². The molecule has 126 valence electrons. The molecule has 0 aliphatic heterocycles. The Kier molecular flexibility index (Phi) is 10.7. The van der Waals surface area contributed by atoms with Gasteiger partial charge in [-0.25, -0.2) is 9.59 Å². The lowest BCUT2D eigenvalue weighted by atomic mass is 9.85. The summed E-state index contributed by atoms with van der Waals surface area (Å²) in [5.41, 5.74) is 5.24. The molecule has 1 atom stereocenters. The normalized spacial score (nSPS) is 16.5. The fourth-order valence-electron chi connectivity index (χ4n) is 2.46. The van der Waals surface area contributed by atoms with E-state index in [0.29, 0.717) is 12.2 Å². The number of aliphatic carboxylic acids is 2. The largest absolute Gasteiger partial charge is 0.478 e. The number of hydrogen-bond donors (Lipinski definition) is 4. The van der Waals surface area contributed by atoms with Crippen molar-refractivity contribution in [2.75, 3.05) is 6.54 Å². The minimum atomic E-state index is -1.26. The summed E-state index contributed by atoms with van der Waals surface area (Å²) in [4.78, 5) is 30.1. The van der Waals surface area contributed by atoms with Crippen LogP contribution in [0, 0.1) is 5.92 Å². The first kappa shape index (κ1) is 20.1. The van der Waals surface area contributed by atoms with Crippen molar-refractivity contribution in [2.24, 2.45) is 11.7 Å². The van der Waals surface area contributed by atoms with Gasteiger partial charge in [-0.1, -0.05) is 32.1 Å². The van der Waals surface area contributed by atoms with Crippen molar-refractivity contribution in [2.45, 2.75) is 51.5 Å². The third-order valence-corrected chi connectivity index (χ3v) is 3.37. The van der Waals surface area contributed by atoms with Crippen LogP contribution in [0.1, 0.15) is 45.4 Å². The highest BCUT2D eigenvalue weighted by atomic mass is 16.4. The van der Waals surface area contributed by atoms with E-state index in [1.165, 1.54) is 32.1 Å². The van der Waals surface area contributed by atoms with Crippen molar-refractivity contribution < 1.29 is 24.6 Å². The molecule has 1 saturated carbocycles. The van der Waals surface area contributed by atoms with Gasteiger partial charge >= 0.3 is 11.9 Å². The molecule has 1 rings (SSSR count). The van der Waals surface area contributed by atoms with Gasteiger partial charge in [0.2, 0.25) is 5.91 Å². The molecule has 0 saturated heterocycles. The Bertz CT molecular complexity index is 373. The molecular formula is C15H26N2O5. The molecule has 1 fully saturated rings. The second-order valence-electron chi connectivity index (χ2n) is 5.42. The zero-order valence-corrected chi connectivity index (χ0v) is 13.0. The Labute approximate surface area is 130 Å².